The molecule has 0 unspecified atom stereocenters. The first-order valence-electron chi connectivity index (χ1n) is 5.95. The smallest absolute Gasteiger partial charge is 0.255 e. The normalized spacial score (nSPS) is 10.5. The highest BCUT2D eigenvalue weighted by Crippen LogP contribution is 2.30. The Morgan fingerprint density at radius 3 is 2.17 bits per heavy atom. The molecule has 0 atom stereocenters. The van der Waals surface area contributed by atoms with E-state index in [1.165, 1.54) is 6.07 Å². The van der Waals surface area contributed by atoms with E-state index < -0.39 is 0 Å². The SMILES string of the molecule is CCCN(CCC)C(=O)c1cc(Cl)cc(Cl)c1Cl. The van der Waals surface area contributed by atoms with Crippen LogP contribution in [0, 0.1) is 0 Å². The third-order valence-corrected chi connectivity index (χ3v) is 3.52. The summed E-state index contributed by atoms with van der Waals surface area (Å²) in [5.74, 6) is -0.117. The van der Waals surface area contributed by atoms with E-state index in [9.17, 15) is 4.79 Å². The van der Waals surface area contributed by atoms with Crippen LogP contribution in [0.5, 0.6) is 0 Å². The van der Waals surface area contributed by atoms with Crippen molar-refractivity contribution in [2.24, 2.45) is 0 Å². The van der Waals surface area contributed by atoms with Gasteiger partial charge in [-0.15, -0.1) is 0 Å². The van der Waals surface area contributed by atoms with Crippen LogP contribution in [0.2, 0.25) is 15.1 Å². The minimum Gasteiger partial charge on any atom is -0.339 e. The number of benzene rings is 1. The second kappa shape index (κ2) is 7.22. The molecule has 0 aliphatic heterocycles. The summed E-state index contributed by atoms with van der Waals surface area (Å²) in [6.45, 7) is 5.46. The first-order valence-corrected chi connectivity index (χ1v) is 7.08. The molecule has 1 amide bonds. The highest BCUT2D eigenvalue weighted by Gasteiger charge is 2.19. The highest BCUT2D eigenvalue weighted by molar-refractivity contribution is 6.45. The van der Waals surface area contributed by atoms with Gasteiger partial charge in [0.25, 0.3) is 5.91 Å². The number of hydrogen-bond donors (Lipinski definition) is 0. The molecule has 0 N–H and O–H groups in total. The van der Waals surface area contributed by atoms with Crippen molar-refractivity contribution in [3.8, 4) is 0 Å². The first kappa shape index (κ1) is 15.6. The monoisotopic (exact) mass is 307 g/mol. The van der Waals surface area contributed by atoms with Gasteiger partial charge >= 0.3 is 0 Å². The van der Waals surface area contributed by atoms with Crippen molar-refractivity contribution in [2.45, 2.75) is 26.7 Å². The minimum absolute atomic E-state index is 0.117. The van der Waals surface area contributed by atoms with Gasteiger partial charge in [-0.1, -0.05) is 48.7 Å². The Morgan fingerprint density at radius 2 is 1.67 bits per heavy atom. The van der Waals surface area contributed by atoms with Crippen LogP contribution in [0.1, 0.15) is 37.0 Å². The predicted octanol–water partition coefficient (Wildman–Crippen LogP) is 4.91. The average molecular weight is 309 g/mol. The molecule has 1 aromatic rings. The summed E-state index contributed by atoms with van der Waals surface area (Å²) in [4.78, 5) is 14.1. The lowest BCUT2D eigenvalue weighted by Crippen LogP contribution is -2.32. The molecule has 0 radical (unpaired) electrons. The Kier molecular flexibility index (Phi) is 6.27. The van der Waals surface area contributed by atoms with E-state index in [0.717, 1.165) is 12.8 Å². The number of nitrogens with zero attached hydrogens (tertiary/aromatic N) is 1. The Morgan fingerprint density at radius 1 is 1.11 bits per heavy atom. The first-order chi connectivity index (χ1) is 8.51. The standard InChI is InChI=1S/C13H16Cl3NO/c1-3-5-17(6-4-2)13(18)10-7-9(14)8-11(15)12(10)16/h7-8H,3-6H2,1-2H3. The Hall–Kier alpha value is -0.440. The van der Waals surface area contributed by atoms with Crippen LogP contribution in [-0.2, 0) is 0 Å². The summed E-state index contributed by atoms with van der Waals surface area (Å²) in [6, 6.07) is 3.10. The average Bonchev–Trinajstić information content (AvgIpc) is 2.32. The van der Waals surface area contributed by atoms with Crippen molar-refractivity contribution in [1.82, 2.24) is 4.90 Å². The zero-order valence-corrected chi connectivity index (χ0v) is 12.7. The summed E-state index contributed by atoms with van der Waals surface area (Å²) in [7, 11) is 0. The molecule has 0 spiro atoms. The van der Waals surface area contributed by atoms with E-state index in [2.05, 4.69) is 0 Å². The second-order valence-corrected chi connectivity index (χ2v) is 5.26. The molecule has 0 heterocycles. The zero-order chi connectivity index (χ0) is 13.7. The van der Waals surface area contributed by atoms with Crippen LogP contribution in [0.15, 0.2) is 12.1 Å². The summed E-state index contributed by atoms with van der Waals surface area (Å²) in [5.41, 5.74) is 0.371. The number of carbonyl (C=O) groups is 1. The molecule has 1 aromatic carbocycles. The molecule has 0 fully saturated rings. The van der Waals surface area contributed by atoms with Gasteiger partial charge in [-0.3, -0.25) is 4.79 Å². The van der Waals surface area contributed by atoms with Crippen LogP contribution in [0.3, 0.4) is 0 Å². The molecule has 0 aliphatic rings. The number of amides is 1. The maximum atomic E-state index is 12.4. The number of carbonyl (C=O) groups excluding carboxylic acids is 1. The predicted molar refractivity (Wildman–Crippen MR) is 78.0 cm³/mol. The Bertz CT molecular complexity index is 428. The number of rotatable bonds is 5. The molecule has 100 valence electrons. The zero-order valence-electron chi connectivity index (χ0n) is 10.5. The van der Waals surface area contributed by atoms with Crippen LogP contribution in [0.25, 0.3) is 0 Å². The molecule has 1 rings (SSSR count). The van der Waals surface area contributed by atoms with Gasteiger partial charge in [-0.25, -0.2) is 0 Å². The van der Waals surface area contributed by atoms with Gasteiger partial charge in [-0.05, 0) is 25.0 Å². The lowest BCUT2D eigenvalue weighted by Gasteiger charge is -2.22. The Balaban J connectivity index is 3.07. The third kappa shape index (κ3) is 3.78. The minimum atomic E-state index is -0.117. The van der Waals surface area contributed by atoms with E-state index in [0.29, 0.717) is 28.7 Å². The van der Waals surface area contributed by atoms with Crippen LogP contribution < -0.4 is 0 Å². The number of hydrogen-bond acceptors (Lipinski definition) is 1. The summed E-state index contributed by atoms with van der Waals surface area (Å²) < 4.78 is 0. The molecule has 18 heavy (non-hydrogen) atoms. The molecule has 0 aliphatic carbocycles. The Labute approximate surface area is 123 Å². The molecule has 5 heteroatoms. The van der Waals surface area contributed by atoms with Gasteiger partial charge in [0.1, 0.15) is 0 Å². The molecule has 0 bridgehead atoms. The fourth-order valence-corrected chi connectivity index (χ4v) is 2.42. The lowest BCUT2D eigenvalue weighted by molar-refractivity contribution is 0.0756. The van der Waals surface area contributed by atoms with Crippen molar-refractivity contribution in [2.75, 3.05) is 13.1 Å². The molecule has 2 nitrogen and oxygen atoms in total. The van der Waals surface area contributed by atoms with Crippen molar-refractivity contribution in [3.05, 3.63) is 32.8 Å². The quantitative estimate of drug-likeness (QED) is 0.708. The largest absolute Gasteiger partial charge is 0.339 e. The molecule has 0 aromatic heterocycles. The van der Waals surface area contributed by atoms with Gasteiger partial charge in [0.05, 0.1) is 15.6 Å². The van der Waals surface area contributed by atoms with Crippen LogP contribution >= 0.6 is 34.8 Å². The van der Waals surface area contributed by atoms with Crippen molar-refractivity contribution in [1.29, 1.82) is 0 Å². The van der Waals surface area contributed by atoms with Gasteiger partial charge in [0, 0.05) is 18.1 Å². The fraction of sp³-hybridized carbons (Fsp3) is 0.462. The van der Waals surface area contributed by atoms with Gasteiger partial charge in [-0.2, -0.15) is 0 Å². The summed E-state index contributed by atoms with van der Waals surface area (Å²) in [6.07, 6.45) is 1.80. The maximum Gasteiger partial charge on any atom is 0.255 e. The third-order valence-electron chi connectivity index (χ3n) is 2.50. The van der Waals surface area contributed by atoms with Gasteiger partial charge < -0.3 is 4.90 Å². The molecular weight excluding hydrogens is 293 g/mol. The maximum absolute atomic E-state index is 12.4. The van der Waals surface area contributed by atoms with E-state index in [4.69, 9.17) is 34.8 Å². The topological polar surface area (TPSA) is 20.3 Å². The summed E-state index contributed by atoms with van der Waals surface area (Å²) in [5, 5.41) is 0.990. The molecular formula is C13H16Cl3NO. The van der Waals surface area contributed by atoms with E-state index in [1.807, 2.05) is 13.8 Å². The van der Waals surface area contributed by atoms with Crippen molar-refractivity contribution < 1.29 is 4.79 Å². The summed E-state index contributed by atoms with van der Waals surface area (Å²) >= 11 is 17.9. The second-order valence-electron chi connectivity index (χ2n) is 4.04. The van der Waals surface area contributed by atoms with E-state index in [1.54, 1.807) is 11.0 Å². The number of halogens is 3. The van der Waals surface area contributed by atoms with Crippen molar-refractivity contribution in [3.63, 3.8) is 0 Å². The van der Waals surface area contributed by atoms with Crippen LogP contribution in [-0.4, -0.2) is 23.9 Å². The molecule has 0 saturated carbocycles. The molecule has 0 saturated heterocycles. The van der Waals surface area contributed by atoms with Crippen molar-refractivity contribution >= 4 is 40.7 Å². The van der Waals surface area contributed by atoms with Gasteiger partial charge in [0.2, 0.25) is 0 Å². The van der Waals surface area contributed by atoms with E-state index in [-0.39, 0.29) is 10.9 Å². The van der Waals surface area contributed by atoms with E-state index >= 15 is 0 Å². The fourth-order valence-electron chi connectivity index (χ4n) is 1.74. The highest BCUT2D eigenvalue weighted by atomic mass is 35.5. The lowest BCUT2D eigenvalue weighted by atomic mass is 10.2. The van der Waals surface area contributed by atoms with Crippen LogP contribution in [0.4, 0.5) is 0 Å². The van der Waals surface area contributed by atoms with Gasteiger partial charge in [0.15, 0.2) is 0 Å².